The van der Waals surface area contributed by atoms with Crippen LogP contribution >= 0.6 is 0 Å². The van der Waals surface area contributed by atoms with Crippen LogP contribution in [-0.4, -0.2) is 15.8 Å². The minimum Gasteiger partial charge on any atom is -0.508 e. The fourth-order valence-electron chi connectivity index (χ4n) is 6.49. The Hall–Kier alpha value is -1.02. The molecule has 0 amide bonds. The zero-order chi connectivity index (χ0) is 16.4. The topological polar surface area (TPSA) is 40.5 Å². The molecule has 2 N–H and O–H groups in total. The first-order valence-electron chi connectivity index (χ1n) is 9.41. The van der Waals surface area contributed by atoms with Crippen molar-refractivity contribution in [1.82, 2.24) is 0 Å². The van der Waals surface area contributed by atoms with Crippen LogP contribution in [0.15, 0.2) is 18.2 Å². The Morgan fingerprint density at radius 2 is 2.00 bits per heavy atom. The molecule has 3 aliphatic carbocycles. The maximum atomic E-state index is 11.1. The van der Waals surface area contributed by atoms with Gasteiger partial charge in [0.25, 0.3) is 0 Å². The molecule has 126 valence electrons. The number of aryl methyl sites for hydroxylation is 1. The molecule has 6 atom stereocenters. The summed E-state index contributed by atoms with van der Waals surface area (Å²) in [5.74, 6) is 3.02. The van der Waals surface area contributed by atoms with E-state index in [-0.39, 0.29) is 5.41 Å². The molecule has 0 aromatic heterocycles. The van der Waals surface area contributed by atoms with Gasteiger partial charge in [0, 0.05) is 0 Å². The van der Waals surface area contributed by atoms with Gasteiger partial charge in [0.2, 0.25) is 0 Å². The Morgan fingerprint density at radius 3 is 2.74 bits per heavy atom. The van der Waals surface area contributed by atoms with Crippen molar-refractivity contribution in [2.75, 3.05) is 0 Å². The number of hydrogen-bond acceptors (Lipinski definition) is 2. The minimum absolute atomic E-state index is 0.0727. The lowest BCUT2D eigenvalue weighted by molar-refractivity contribution is -0.107. The van der Waals surface area contributed by atoms with Gasteiger partial charge >= 0.3 is 0 Å². The zero-order valence-corrected chi connectivity index (χ0v) is 14.7. The molecule has 1 aromatic carbocycles. The Morgan fingerprint density at radius 1 is 1.22 bits per heavy atom. The second-order valence-corrected chi connectivity index (χ2v) is 8.82. The maximum absolute atomic E-state index is 11.1. The van der Waals surface area contributed by atoms with Gasteiger partial charge in [-0.15, -0.1) is 0 Å². The first-order chi connectivity index (χ1) is 10.9. The average molecular weight is 314 g/mol. The highest BCUT2D eigenvalue weighted by Gasteiger charge is 2.61. The number of benzene rings is 1. The summed E-state index contributed by atoms with van der Waals surface area (Å²) in [7, 11) is 0. The van der Waals surface area contributed by atoms with Crippen LogP contribution in [0.3, 0.4) is 0 Å². The van der Waals surface area contributed by atoms with Gasteiger partial charge in [0.05, 0.1) is 5.60 Å². The van der Waals surface area contributed by atoms with E-state index in [1.54, 1.807) is 0 Å². The molecule has 0 unspecified atom stereocenters. The summed E-state index contributed by atoms with van der Waals surface area (Å²) in [4.78, 5) is 0. The first-order valence-corrected chi connectivity index (χ1v) is 9.41. The van der Waals surface area contributed by atoms with Crippen molar-refractivity contribution in [3.8, 4) is 5.75 Å². The molecule has 2 fully saturated rings. The molecular formula is C21H30O2. The Balaban J connectivity index is 1.79. The van der Waals surface area contributed by atoms with Crippen LogP contribution in [0.2, 0.25) is 0 Å². The lowest BCUT2D eigenvalue weighted by Gasteiger charge is -2.56. The largest absolute Gasteiger partial charge is 0.508 e. The van der Waals surface area contributed by atoms with Crippen LogP contribution in [0.25, 0.3) is 0 Å². The van der Waals surface area contributed by atoms with Crippen molar-refractivity contribution < 1.29 is 10.2 Å². The first kappa shape index (κ1) is 15.5. The van der Waals surface area contributed by atoms with Crippen LogP contribution < -0.4 is 0 Å². The van der Waals surface area contributed by atoms with Crippen molar-refractivity contribution in [3.63, 3.8) is 0 Å². The smallest absolute Gasteiger partial charge is 0.115 e. The van der Waals surface area contributed by atoms with E-state index in [4.69, 9.17) is 0 Å². The van der Waals surface area contributed by atoms with E-state index in [1.807, 2.05) is 12.1 Å². The number of fused-ring (bicyclic) bond motifs is 5. The van der Waals surface area contributed by atoms with Gasteiger partial charge in [0.1, 0.15) is 5.75 Å². The summed E-state index contributed by atoms with van der Waals surface area (Å²) in [6.45, 7) is 6.74. The fourth-order valence-corrected chi connectivity index (χ4v) is 6.49. The molecule has 0 spiro atoms. The number of aromatic hydroxyl groups is 1. The fraction of sp³-hybridized carbons (Fsp3) is 0.714. The molecule has 2 heteroatoms. The van der Waals surface area contributed by atoms with Gasteiger partial charge in [-0.05, 0) is 91.4 Å². The minimum atomic E-state index is -0.509. The quantitative estimate of drug-likeness (QED) is 0.793. The van der Waals surface area contributed by atoms with E-state index in [0.29, 0.717) is 29.4 Å². The van der Waals surface area contributed by atoms with Crippen molar-refractivity contribution in [2.45, 2.75) is 70.8 Å². The average Bonchev–Trinajstić information content (AvgIpc) is 2.76. The number of aliphatic hydroxyl groups is 1. The molecular weight excluding hydrogens is 284 g/mol. The van der Waals surface area contributed by atoms with Crippen molar-refractivity contribution >= 4 is 0 Å². The van der Waals surface area contributed by atoms with E-state index in [0.717, 1.165) is 19.3 Å². The van der Waals surface area contributed by atoms with E-state index in [2.05, 4.69) is 26.8 Å². The predicted molar refractivity (Wildman–Crippen MR) is 92.5 cm³/mol. The van der Waals surface area contributed by atoms with E-state index in [9.17, 15) is 10.2 Å². The summed E-state index contributed by atoms with van der Waals surface area (Å²) >= 11 is 0. The third-order valence-electron chi connectivity index (χ3n) is 7.92. The molecule has 0 aliphatic heterocycles. The molecule has 2 saturated carbocycles. The van der Waals surface area contributed by atoms with E-state index in [1.165, 1.54) is 30.4 Å². The Labute approximate surface area is 139 Å². The van der Waals surface area contributed by atoms with Gasteiger partial charge in [-0.1, -0.05) is 26.3 Å². The second-order valence-electron chi connectivity index (χ2n) is 8.82. The molecule has 0 heterocycles. The normalized spacial score (nSPS) is 45.2. The zero-order valence-electron chi connectivity index (χ0n) is 14.7. The van der Waals surface area contributed by atoms with Crippen molar-refractivity contribution in [1.29, 1.82) is 0 Å². The van der Waals surface area contributed by atoms with Gasteiger partial charge in [0.15, 0.2) is 0 Å². The van der Waals surface area contributed by atoms with Gasteiger partial charge in [-0.25, -0.2) is 0 Å². The summed E-state index contributed by atoms with van der Waals surface area (Å²) in [5.41, 5.74) is 2.41. The number of hydrogen-bond donors (Lipinski definition) is 2. The maximum Gasteiger partial charge on any atom is 0.115 e. The molecule has 3 aliphatic rings. The summed E-state index contributed by atoms with van der Waals surface area (Å²) in [6.07, 6.45) is 6.75. The van der Waals surface area contributed by atoms with Crippen LogP contribution in [-0.2, 0) is 6.42 Å². The highest BCUT2D eigenvalue weighted by Crippen LogP contribution is 2.66. The Bertz CT molecular complexity index is 620. The third-order valence-corrected chi connectivity index (χ3v) is 7.92. The molecule has 23 heavy (non-hydrogen) atoms. The van der Waals surface area contributed by atoms with Crippen LogP contribution in [0.1, 0.15) is 69.9 Å². The van der Waals surface area contributed by atoms with E-state index >= 15 is 0 Å². The van der Waals surface area contributed by atoms with Gasteiger partial charge in [-0.3, -0.25) is 0 Å². The highest BCUT2D eigenvalue weighted by molar-refractivity contribution is 5.40. The summed E-state index contributed by atoms with van der Waals surface area (Å²) in [5, 5.41) is 20.9. The number of rotatable bonds is 1. The lowest BCUT2D eigenvalue weighted by Crippen LogP contribution is -2.52. The SMILES string of the molecule is CC[C@H]1C[C@@]2(C)[C@@H](CC[C@]2(C)O)[C@@H]2CCc3cc(O)ccc3[C@@H]12. The third kappa shape index (κ3) is 2.03. The molecule has 2 nitrogen and oxygen atoms in total. The lowest BCUT2D eigenvalue weighted by atomic mass is 9.50. The second kappa shape index (κ2) is 4.99. The highest BCUT2D eigenvalue weighted by atomic mass is 16.3. The standard InChI is InChI=1S/C21H30O2/c1-4-13-12-20(2)18(9-10-21(20,3)23)17-7-5-14-11-15(22)6-8-16(14)19(13)17/h6,8,11,13,17-19,22-23H,4-5,7,9-10,12H2,1-3H3/t13-,17-,18-,19+,20-,21-/m0/s1. The Kier molecular flexibility index (Phi) is 3.36. The predicted octanol–water partition coefficient (Wildman–Crippen LogP) is 4.64. The van der Waals surface area contributed by atoms with Crippen molar-refractivity contribution in [2.24, 2.45) is 23.2 Å². The molecule has 1 aromatic rings. The molecule has 0 radical (unpaired) electrons. The number of phenols is 1. The van der Waals surface area contributed by atoms with Crippen LogP contribution in [0.5, 0.6) is 5.75 Å². The molecule has 0 saturated heterocycles. The molecule has 4 rings (SSSR count). The van der Waals surface area contributed by atoms with E-state index < -0.39 is 5.60 Å². The van der Waals surface area contributed by atoms with Crippen molar-refractivity contribution in [3.05, 3.63) is 29.3 Å². The number of phenolic OH excluding ortho intramolecular Hbond substituents is 1. The van der Waals surface area contributed by atoms with Gasteiger partial charge < -0.3 is 10.2 Å². The summed E-state index contributed by atoms with van der Waals surface area (Å²) in [6, 6.07) is 6.03. The van der Waals surface area contributed by atoms with Crippen LogP contribution in [0, 0.1) is 23.2 Å². The van der Waals surface area contributed by atoms with Gasteiger partial charge in [-0.2, -0.15) is 0 Å². The van der Waals surface area contributed by atoms with Crippen LogP contribution in [0.4, 0.5) is 0 Å². The molecule has 0 bridgehead atoms. The monoisotopic (exact) mass is 314 g/mol. The summed E-state index contributed by atoms with van der Waals surface area (Å²) < 4.78 is 0.